The van der Waals surface area contributed by atoms with Crippen molar-refractivity contribution in [2.75, 3.05) is 0 Å². The molecule has 0 spiro atoms. The smallest absolute Gasteiger partial charge is 0.351 e. The van der Waals surface area contributed by atoms with E-state index >= 15 is 0 Å². The summed E-state index contributed by atoms with van der Waals surface area (Å²) in [6.07, 6.45) is -0.784. The lowest BCUT2D eigenvalue weighted by Gasteiger charge is -2.08. The van der Waals surface area contributed by atoms with Gasteiger partial charge in [0.2, 0.25) is 5.89 Å². The van der Waals surface area contributed by atoms with E-state index in [0.717, 1.165) is 10.6 Å². The van der Waals surface area contributed by atoms with Gasteiger partial charge in [-0.3, -0.25) is 10.1 Å². The Labute approximate surface area is 180 Å². The summed E-state index contributed by atoms with van der Waals surface area (Å²) in [4.78, 5) is 27.8. The number of nitro benzene ring substituents is 1. The predicted molar refractivity (Wildman–Crippen MR) is 113 cm³/mol. The van der Waals surface area contributed by atoms with Crippen LogP contribution in [-0.2, 0) is 4.74 Å². The molecule has 0 N–H and O–H groups in total. The zero-order valence-electron chi connectivity index (χ0n) is 16.5. The van der Waals surface area contributed by atoms with Gasteiger partial charge in [-0.1, -0.05) is 30.3 Å². The van der Waals surface area contributed by atoms with Gasteiger partial charge in [-0.15, -0.1) is 21.5 Å². The van der Waals surface area contributed by atoms with Crippen molar-refractivity contribution in [2.45, 2.75) is 20.0 Å². The minimum absolute atomic E-state index is 0.0411. The van der Waals surface area contributed by atoms with Crippen molar-refractivity contribution >= 4 is 23.0 Å². The van der Waals surface area contributed by atoms with Gasteiger partial charge in [0, 0.05) is 23.3 Å². The Balaban J connectivity index is 1.48. The Morgan fingerprint density at radius 1 is 1.10 bits per heavy atom. The van der Waals surface area contributed by atoms with Crippen LogP contribution in [0.3, 0.4) is 0 Å². The highest BCUT2D eigenvalue weighted by molar-refractivity contribution is 7.17. The summed E-state index contributed by atoms with van der Waals surface area (Å²) in [6.45, 7) is 3.38. The molecule has 0 aliphatic carbocycles. The Hall–Kier alpha value is -3.92. The Kier molecular flexibility index (Phi) is 5.54. The summed E-state index contributed by atoms with van der Waals surface area (Å²) in [7, 11) is 0. The molecule has 0 amide bonds. The third kappa shape index (κ3) is 4.33. The number of thiazole rings is 1. The minimum atomic E-state index is -0.784. The lowest BCUT2D eigenvalue weighted by atomic mass is 10.2. The van der Waals surface area contributed by atoms with Crippen LogP contribution in [0, 0.1) is 17.0 Å². The van der Waals surface area contributed by atoms with Gasteiger partial charge in [-0.05, 0) is 26.0 Å². The quantitative estimate of drug-likeness (QED) is 0.235. The van der Waals surface area contributed by atoms with Crippen LogP contribution in [0.2, 0.25) is 0 Å². The molecule has 4 aromatic rings. The van der Waals surface area contributed by atoms with Crippen LogP contribution in [0.1, 0.15) is 34.3 Å². The van der Waals surface area contributed by atoms with Crippen molar-refractivity contribution in [1.82, 2.24) is 15.2 Å². The van der Waals surface area contributed by atoms with Gasteiger partial charge in [0.25, 0.3) is 11.6 Å². The first-order chi connectivity index (χ1) is 14.9. The van der Waals surface area contributed by atoms with Gasteiger partial charge >= 0.3 is 5.97 Å². The van der Waals surface area contributed by atoms with E-state index in [1.54, 1.807) is 13.8 Å². The standard InChI is InChI=1S/C21H16N4O5S/c1-12-17(31-20(22-12)15-6-4-3-5-7-15)21(26)29-13(2)18-23-24-19(30-18)14-8-10-16(11-9-14)25(27)28/h3-11,13H,1-2H3. The predicted octanol–water partition coefficient (Wildman–Crippen LogP) is 4.99. The fraction of sp³-hybridized carbons (Fsp3) is 0.143. The maximum atomic E-state index is 12.7. The Morgan fingerprint density at radius 2 is 1.81 bits per heavy atom. The molecule has 4 rings (SSSR count). The van der Waals surface area contributed by atoms with Crippen molar-refractivity contribution in [3.63, 3.8) is 0 Å². The molecule has 0 saturated carbocycles. The highest BCUT2D eigenvalue weighted by atomic mass is 32.1. The van der Waals surface area contributed by atoms with Crippen LogP contribution in [0.5, 0.6) is 0 Å². The molecule has 0 fully saturated rings. The molecule has 2 heterocycles. The van der Waals surface area contributed by atoms with Gasteiger partial charge < -0.3 is 9.15 Å². The van der Waals surface area contributed by atoms with E-state index in [2.05, 4.69) is 15.2 Å². The van der Waals surface area contributed by atoms with Crippen LogP contribution < -0.4 is 0 Å². The number of hydrogen-bond donors (Lipinski definition) is 0. The zero-order valence-corrected chi connectivity index (χ0v) is 17.3. The summed E-state index contributed by atoms with van der Waals surface area (Å²) in [5, 5.41) is 19.4. The maximum Gasteiger partial charge on any atom is 0.351 e. The SMILES string of the molecule is Cc1nc(-c2ccccc2)sc1C(=O)OC(C)c1nnc(-c2ccc([N+](=O)[O-])cc2)o1. The number of nitro groups is 1. The fourth-order valence-corrected chi connectivity index (χ4v) is 3.75. The number of rotatable bonds is 6. The summed E-state index contributed by atoms with van der Waals surface area (Å²) < 4.78 is 11.1. The Bertz CT molecular complexity index is 1230. The van der Waals surface area contributed by atoms with E-state index in [9.17, 15) is 14.9 Å². The van der Waals surface area contributed by atoms with Crippen LogP contribution in [0.4, 0.5) is 5.69 Å². The fourth-order valence-electron chi connectivity index (χ4n) is 2.80. The molecule has 2 aromatic heterocycles. The molecule has 156 valence electrons. The lowest BCUT2D eigenvalue weighted by molar-refractivity contribution is -0.384. The topological polar surface area (TPSA) is 121 Å². The van der Waals surface area contributed by atoms with Gasteiger partial charge in [0.15, 0.2) is 6.10 Å². The normalized spacial score (nSPS) is 11.8. The second kappa shape index (κ2) is 8.44. The summed E-state index contributed by atoms with van der Waals surface area (Å²) >= 11 is 1.26. The van der Waals surface area contributed by atoms with Crippen LogP contribution in [0.15, 0.2) is 59.0 Å². The average molecular weight is 436 g/mol. The number of aromatic nitrogens is 3. The van der Waals surface area contributed by atoms with Crippen molar-refractivity contribution < 1.29 is 18.9 Å². The number of nitrogens with zero attached hydrogens (tertiary/aromatic N) is 4. The number of non-ortho nitro benzene ring substituents is 1. The minimum Gasteiger partial charge on any atom is -0.448 e. The Morgan fingerprint density at radius 3 is 2.48 bits per heavy atom. The largest absolute Gasteiger partial charge is 0.448 e. The van der Waals surface area contributed by atoms with E-state index in [1.807, 2.05) is 30.3 Å². The van der Waals surface area contributed by atoms with Crippen molar-refractivity contribution in [2.24, 2.45) is 0 Å². The lowest BCUT2D eigenvalue weighted by Crippen LogP contribution is -2.09. The van der Waals surface area contributed by atoms with Gasteiger partial charge in [-0.2, -0.15) is 0 Å². The highest BCUT2D eigenvalue weighted by Crippen LogP contribution is 2.30. The van der Waals surface area contributed by atoms with Gasteiger partial charge in [0.05, 0.1) is 10.6 Å². The molecule has 10 heteroatoms. The molecular weight excluding hydrogens is 420 g/mol. The monoisotopic (exact) mass is 436 g/mol. The molecule has 0 saturated heterocycles. The van der Waals surface area contributed by atoms with Gasteiger partial charge in [-0.25, -0.2) is 9.78 Å². The van der Waals surface area contributed by atoms with E-state index in [-0.39, 0.29) is 17.5 Å². The number of aryl methyl sites for hydroxylation is 1. The van der Waals surface area contributed by atoms with Gasteiger partial charge in [0.1, 0.15) is 9.88 Å². The van der Waals surface area contributed by atoms with E-state index in [4.69, 9.17) is 9.15 Å². The summed E-state index contributed by atoms with van der Waals surface area (Å²) in [6, 6.07) is 15.3. The van der Waals surface area contributed by atoms with E-state index in [1.165, 1.54) is 35.6 Å². The second-order valence-corrected chi connectivity index (χ2v) is 7.60. The number of hydrogen-bond acceptors (Lipinski definition) is 9. The third-order valence-corrected chi connectivity index (χ3v) is 5.59. The van der Waals surface area contributed by atoms with Crippen LogP contribution in [-0.4, -0.2) is 26.1 Å². The number of benzene rings is 2. The first-order valence-electron chi connectivity index (χ1n) is 9.24. The molecule has 31 heavy (non-hydrogen) atoms. The molecular formula is C21H16N4O5S. The van der Waals surface area contributed by atoms with E-state index < -0.39 is 17.0 Å². The molecule has 0 radical (unpaired) electrons. The number of carbonyl (C=O) groups is 1. The number of carbonyl (C=O) groups excluding carboxylic acids is 1. The van der Waals surface area contributed by atoms with Crippen molar-refractivity contribution in [3.05, 3.63) is 81.2 Å². The first kappa shape index (κ1) is 20.4. The molecule has 1 unspecified atom stereocenters. The number of esters is 1. The summed E-state index contributed by atoms with van der Waals surface area (Å²) in [5.41, 5.74) is 1.99. The number of ether oxygens (including phenoxy) is 1. The molecule has 0 aliphatic rings. The maximum absolute atomic E-state index is 12.7. The zero-order chi connectivity index (χ0) is 22.0. The molecule has 1 atom stereocenters. The molecule has 9 nitrogen and oxygen atoms in total. The highest BCUT2D eigenvalue weighted by Gasteiger charge is 2.23. The van der Waals surface area contributed by atoms with Crippen molar-refractivity contribution in [1.29, 1.82) is 0 Å². The van der Waals surface area contributed by atoms with Crippen LogP contribution >= 0.6 is 11.3 Å². The summed E-state index contributed by atoms with van der Waals surface area (Å²) in [5.74, 6) is -0.236. The molecule has 0 bridgehead atoms. The van der Waals surface area contributed by atoms with Crippen LogP contribution in [0.25, 0.3) is 22.0 Å². The third-order valence-electron chi connectivity index (χ3n) is 4.40. The second-order valence-electron chi connectivity index (χ2n) is 6.60. The van der Waals surface area contributed by atoms with E-state index in [0.29, 0.717) is 16.1 Å². The average Bonchev–Trinajstić information content (AvgIpc) is 3.42. The first-order valence-corrected chi connectivity index (χ1v) is 10.1. The van der Waals surface area contributed by atoms with Crippen molar-refractivity contribution in [3.8, 4) is 22.0 Å². The molecule has 2 aromatic carbocycles. The molecule has 0 aliphatic heterocycles.